The van der Waals surface area contributed by atoms with Crippen molar-refractivity contribution in [3.05, 3.63) is 68.8 Å². The lowest BCUT2D eigenvalue weighted by atomic mass is 10.1. The molecule has 1 aliphatic rings. The summed E-state index contributed by atoms with van der Waals surface area (Å²) in [5, 5.41) is 3.21. The molecule has 1 aliphatic heterocycles. The molecule has 0 unspecified atom stereocenters. The highest BCUT2D eigenvalue weighted by atomic mass is 35.5. The van der Waals surface area contributed by atoms with Gasteiger partial charge in [0, 0.05) is 28.2 Å². The van der Waals surface area contributed by atoms with Crippen LogP contribution in [0.1, 0.15) is 20.9 Å². The van der Waals surface area contributed by atoms with Crippen LogP contribution in [0.15, 0.2) is 41.8 Å². The maximum absolute atomic E-state index is 13.8. The Hall–Kier alpha value is -2.77. The number of hydrogen-bond donors (Lipinski definition) is 0. The van der Waals surface area contributed by atoms with Crippen LogP contribution >= 0.6 is 22.9 Å². The second kappa shape index (κ2) is 7.93. The summed E-state index contributed by atoms with van der Waals surface area (Å²) in [6.45, 7) is 1.98. The Bertz CT molecular complexity index is 1120. The zero-order chi connectivity index (χ0) is 20.5. The number of thiazole rings is 1. The fraction of sp³-hybridized carbons (Fsp3) is 0.190. The fourth-order valence-electron chi connectivity index (χ4n) is 3.25. The molecule has 29 heavy (non-hydrogen) atoms. The Morgan fingerprint density at radius 1 is 1.28 bits per heavy atom. The summed E-state index contributed by atoms with van der Waals surface area (Å²) < 4.78 is 18.8. The monoisotopic (exact) mass is 430 g/mol. The van der Waals surface area contributed by atoms with E-state index in [9.17, 15) is 14.0 Å². The number of rotatable bonds is 4. The lowest BCUT2D eigenvalue weighted by Gasteiger charge is -2.17. The van der Waals surface area contributed by atoms with E-state index in [1.807, 2.05) is 30.5 Å². The lowest BCUT2D eigenvalue weighted by Crippen LogP contribution is -2.33. The molecule has 1 amide bonds. The number of hydrogen-bond acceptors (Lipinski definition) is 5. The van der Waals surface area contributed by atoms with Gasteiger partial charge in [0.15, 0.2) is 6.61 Å². The van der Waals surface area contributed by atoms with Gasteiger partial charge in [0.25, 0.3) is 5.91 Å². The molecule has 0 radical (unpaired) electrons. The summed E-state index contributed by atoms with van der Waals surface area (Å²) >= 11 is 7.38. The fourth-order valence-corrected chi connectivity index (χ4v) is 4.05. The van der Waals surface area contributed by atoms with Crippen molar-refractivity contribution in [2.75, 3.05) is 18.1 Å². The average Bonchev–Trinajstić information content (AvgIpc) is 3.33. The summed E-state index contributed by atoms with van der Waals surface area (Å²) in [6, 6.07) is 9.43. The van der Waals surface area contributed by atoms with E-state index in [-0.39, 0.29) is 16.5 Å². The number of carbonyl (C=O) groups is 2. The summed E-state index contributed by atoms with van der Waals surface area (Å²) in [7, 11) is 0. The van der Waals surface area contributed by atoms with Crippen LogP contribution in [-0.4, -0.2) is 30.0 Å². The van der Waals surface area contributed by atoms with Crippen molar-refractivity contribution in [1.82, 2.24) is 4.98 Å². The molecule has 5 nitrogen and oxygen atoms in total. The molecule has 0 N–H and O–H groups in total. The number of nitrogens with zero attached hydrogens (tertiary/aromatic N) is 2. The van der Waals surface area contributed by atoms with E-state index >= 15 is 0 Å². The molecule has 4 rings (SSSR count). The number of aromatic nitrogens is 1. The van der Waals surface area contributed by atoms with Gasteiger partial charge in [-0.25, -0.2) is 14.2 Å². The number of ether oxygens (including phenoxy) is 1. The minimum absolute atomic E-state index is 0.212. The summed E-state index contributed by atoms with van der Waals surface area (Å²) in [4.78, 5) is 30.7. The smallest absolute Gasteiger partial charge is 0.341 e. The lowest BCUT2D eigenvalue weighted by molar-refractivity contribution is -0.121. The van der Waals surface area contributed by atoms with E-state index in [0.29, 0.717) is 13.0 Å². The molecule has 2 aromatic carbocycles. The van der Waals surface area contributed by atoms with Gasteiger partial charge in [-0.05, 0) is 49.2 Å². The molecule has 0 fully saturated rings. The van der Waals surface area contributed by atoms with Crippen molar-refractivity contribution in [2.24, 2.45) is 0 Å². The van der Waals surface area contributed by atoms with E-state index in [1.165, 1.54) is 12.1 Å². The van der Waals surface area contributed by atoms with Crippen LogP contribution < -0.4 is 4.90 Å². The zero-order valence-corrected chi connectivity index (χ0v) is 17.0. The number of aryl methyl sites for hydroxylation is 1. The maximum Gasteiger partial charge on any atom is 0.341 e. The van der Waals surface area contributed by atoms with E-state index in [2.05, 4.69) is 4.98 Å². The Kier molecular flexibility index (Phi) is 5.34. The van der Waals surface area contributed by atoms with Crippen molar-refractivity contribution in [3.8, 4) is 11.3 Å². The van der Waals surface area contributed by atoms with Crippen LogP contribution in [-0.2, 0) is 16.0 Å². The third-order valence-electron chi connectivity index (χ3n) is 4.67. The first-order valence-electron chi connectivity index (χ1n) is 8.90. The first-order chi connectivity index (χ1) is 13.9. The second-order valence-electron chi connectivity index (χ2n) is 6.59. The standard InChI is InChI=1S/C21H16ClFN2O3S/c1-12-24-18(11-29-12)13-2-5-19-14(8-13)6-7-25(19)20(26)10-28-21(27)16-9-15(22)3-4-17(16)23/h2-5,8-9,11H,6-7,10H2,1H3. The molecule has 0 bridgehead atoms. The van der Waals surface area contributed by atoms with Gasteiger partial charge in [0.2, 0.25) is 0 Å². The van der Waals surface area contributed by atoms with Gasteiger partial charge in [0.05, 0.1) is 16.3 Å². The second-order valence-corrected chi connectivity index (χ2v) is 8.09. The van der Waals surface area contributed by atoms with E-state index in [1.54, 1.807) is 16.2 Å². The molecule has 8 heteroatoms. The SMILES string of the molecule is Cc1nc(-c2ccc3c(c2)CCN3C(=O)COC(=O)c2cc(Cl)ccc2F)cs1. The van der Waals surface area contributed by atoms with Crippen molar-refractivity contribution in [2.45, 2.75) is 13.3 Å². The van der Waals surface area contributed by atoms with Gasteiger partial charge >= 0.3 is 5.97 Å². The maximum atomic E-state index is 13.8. The zero-order valence-electron chi connectivity index (χ0n) is 15.4. The van der Waals surface area contributed by atoms with Crippen molar-refractivity contribution in [3.63, 3.8) is 0 Å². The first-order valence-corrected chi connectivity index (χ1v) is 10.2. The normalized spacial score (nSPS) is 12.7. The van der Waals surface area contributed by atoms with E-state index < -0.39 is 18.4 Å². The molecule has 1 aromatic heterocycles. The van der Waals surface area contributed by atoms with Crippen molar-refractivity contribution in [1.29, 1.82) is 0 Å². The molecular formula is C21H16ClFN2O3S. The van der Waals surface area contributed by atoms with Crippen LogP contribution in [0.5, 0.6) is 0 Å². The Labute approximate surface area is 175 Å². The van der Waals surface area contributed by atoms with Gasteiger partial charge < -0.3 is 9.64 Å². The minimum atomic E-state index is -0.924. The molecule has 0 aliphatic carbocycles. The number of amides is 1. The number of anilines is 1. The topological polar surface area (TPSA) is 59.5 Å². The van der Waals surface area contributed by atoms with Gasteiger partial charge in [-0.2, -0.15) is 0 Å². The minimum Gasteiger partial charge on any atom is -0.452 e. The Morgan fingerprint density at radius 2 is 2.10 bits per heavy atom. The summed E-state index contributed by atoms with van der Waals surface area (Å²) in [6.07, 6.45) is 0.703. The average molecular weight is 431 g/mol. The molecular weight excluding hydrogens is 415 g/mol. The number of benzene rings is 2. The molecule has 148 valence electrons. The quantitative estimate of drug-likeness (QED) is 0.565. The summed E-state index contributed by atoms with van der Waals surface area (Å²) in [5.74, 6) is -2.04. The highest BCUT2D eigenvalue weighted by Crippen LogP contribution is 2.32. The molecule has 0 spiro atoms. The van der Waals surface area contributed by atoms with Gasteiger partial charge in [-0.15, -0.1) is 11.3 Å². The molecule has 0 saturated carbocycles. The van der Waals surface area contributed by atoms with Gasteiger partial charge in [0.1, 0.15) is 5.82 Å². The highest BCUT2D eigenvalue weighted by molar-refractivity contribution is 7.09. The number of fused-ring (bicyclic) bond motifs is 1. The molecule has 3 aromatic rings. The van der Waals surface area contributed by atoms with E-state index in [4.69, 9.17) is 16.3 Å². The molecule has 0 atom stereocenters. The Balaban J connectivity index is 1.45. The third-order valence-corrected chi connectivity index (χ3v) is 5.67. The van der Waals surface area contributed by atoms with Crippen molar-refractivity contribution >= 4 is 40.5 Å². The summed E-state index contributed by atoms with van der Waals surface area (Å²) in [5.41, 5.74) is 3.45. The Morgan fingerprint density at radius 3 is 2.86 bits per heavy atom. The number of esters is 1. The first kappa shape index (κ1) is 19.5. The third kappa shape index (κ3) is 4.02. The predicted octanol–water partition coefficient (Wildman–Crippen LogP) is 4.66. The largest absolute Gasteiger partial charge is 0.452 e. The molecule has 2 heterocycles. The van der Waals surface area contributed by atoms with Crippen LogP contribution in [0.2, 0.25) is 5.02 Å². The highest BCUT2D eigenvalue weighted by Gasteiger charge is 2.26. The number of carbonyl (C=O) groups excluding carboxylic acids is 2. The van der Waals surface area contributed by atoms with Crippen LogP contribution in [0, 0.1) is 12.7 Å². The van der Waals surface area contributed by atoms with Gasteiger partial charge in [-0.3, -0.25) is 4.79 Å². The predicted molar refractivity (Wildman–Crippen MR) is 110 cm³/mol. The van der Waals surface area contributed by atoms with Crippen LogP contribution in [0.25, 0.3) is 11.3 Å². The molecule has 0 saturated heterocycles. The van der Waals surface area contributed by atoms with Crippen LogP contribution in [0.4, 0.5) is 10.1 Å². The number of halogens is 2. The van der Waals surface area contributed by atoms with E-state index in [0.717, 1.165) is 33.6 Å². The van der Waals surface area contributed by atoms with Crippen LogP contribution in [0.3, 0.4) is 0 Å². The van der Waals surface area contributed by atoms with Crippen molar-refractivity contribution < 1.29 is 18.7 Å². The van der Waals surface area contributed by atoms with Gasteiger partial charge in [-0.1, -0.05) is 17.7 Å².